The average Bonchev–Trinajstić information content (AvgIpc) is 2.41. The van der Waals surface area contributed by atoms with E-state index in [1.54, 1.807) is 6.07 Å². The van der Waals surface area contributed by atoms with Gasteiger partial charge in [-0.3, -0.25) is 9.59 Å². The van der Waals surface area contributed by atoms with E-state index in [2.05, 4.69) is 0 Å². The van der Waals surface area contributed by atoms with Crippen LogP contribution < -0.4 is 0 Å². The Labute approximate surface area is 113 Å². The van der Waals surface area contributed by atoms with Crippen molar-refractivity contribution in [1.82, 2.24) is 0 Å². The van der Waals surface area contributed by atoms with Crippen LogP contribution in [0.2, 0.25) is 0 Å². The third kappa shape index (κ3) is 2.34. The number of benzene rings is 2. The first-order valence-electron chi connectivity index (χ1n) is 6.20. The molecule has 0 aromatic heterocycles. The van der Waals surface area contributed by atoms with E-state index in [1.807, 2.05) is 45.0 Å². The summed E-state index contributed by atoms with van der Waals surface area (Å²) in [5, 5.41) is 0. The molecular weight excluding hydrogens is 236 g/mol. The Morgan fingerprint density at radius 2 is 1.47 bits per heavy atom. The van der Waals surface area contributed by atoms with Crippen molar-refractivity contribution in [2.45, 2.75) is 20.8 Å². The lowest BCUT2D eigenvalue weighted by Crippen LogP contribution is -1.98. The van der Waals surface area contributed by atoms with E-state index < -0.39 is 0 Å². The van der Waals surface area contributed by atoms with Crippen molar-refractivity contribution in [3.63, 3.8) is 0 Å². The van der Waals surface area contributed by atoms with Gasteiger partial charge < -0.3 is 0 Å². The molecule has 0 heterocycles. The van der Waals surface area contributed by atoms with E-state index in [0.717, 1.165) is 40.4 Å². The molecule has 0 N–H and O–H groups in total. The van der Waals surface area contributed by atoms with Crippen LogP contribution in [0.3, 0.4) is 0 Å². The number of hydrogen-bond acceptors (Lipinski definition) is 2. The number of aldehydes is 2. The number of carbonyl (C=O) groups excluding carboxylic acids is 2. The largest absolute Gasteiger partial charge is 0.298 e. The first-order valence-corrected chi connectivity index (χ1v) is 6.20. The minimum Gasteiger partial charge on any atom is -0.298 e. The summed E-state index contributed by atoms with van der Waals surface area (Å²) in [4.78, 5) is 22.5. The monoisotopic (exact) mass is 252 g/mol. The molecular formula is C17H16O2. The second-order valence-electron chi connectivity index (χ2n) is 4.80. The molecule has 0 spiro atoms. The highest BCUT2D eigenvalue weighted by Gasteiger charge is 2.13. The normalized spacial score (nSPS) is 10.3. The van der Waals surface area contributed by atoms with Gasteiger partial charge in [0.2, 0.25) is 0 Å². The Hall–Kier alpha value is -2.22. The summed E-state index contributed by atoms with van der Waals surface area (Å²) in [6.07, 6.45) is 1.68. The van der Waals surface area contributed by atoms with E-state index in [9.17, 15) is 9.59 Å². The lowest BCUT2D eigenvalue weighted by Gasteiger charge is -2.14. The molecule has 2 rings (SSSR count). The zero-order valence-electron chi connectivity index (χ0n) is 11.4. The summed E-state index contributed by atoms with van der Waals surface area (Å²) in [5.41, 5.74) is 6.15. The van der Waals surface area contributed by atoms with Gasteiger partial charge in [0, 0.05) is 11.1 Å². The lowest BCUT2D eigenvalue weighted by atomic mass is 9.89. The van der Waals surface area contributed by atoms with Crippen molar-refractivity contribution in [3.8, 4) is 11.1 Å². The van der Waals surface area contributed by atoms with Crippen molar-refractivity contribution in [2.24, 2.45) is 0 Å². The predicted molar refractivity (Wildman–Crippen MR) is 76.9 cm³/mol. The smallest absolute Gasteiger partial charge is 0.150 e. The lowest BCUT2D eigenvalue weighted by molar-refractivity contribution is 0.111. The fraction of sp³-hybridized carbons (Fsp3) is 0.176. The highest BCUT2D eigenvalue weighted by Crippen LogP contribution is 2.31. The molecule has 0 fully saturated rings. The van der Waals surface area contributed by atoms with Gasteiger partial charge >= 0.3 is 0 Å². The van der Waals surface area contributed by atoms with Gasteiger partial charge in [0.25, 0.3) is 0 Å². The van der Waals surface area contributed by atoms with Gasteiger partial charge in [-0.1, -0.05) is 35.9 Å². The summed E-state index contributed by atoms with van der Waals surface area (Å²) < 4.78 is 0. The van der Waals surface area contributed by atoms with Gasteiger partial charge in [0.15, 0.2) is 12.6 Å². The summed E-state index contributed by atoms with van der Waals surface area (Å²) in [5.74, 6) is 0. The second-order valence-corrected chi connectivity index (χ2v) is 4.80. The van der Waals surface area contributed by atoms with Crippen LogP contribution in [0.4, 0.5) is 0 Å². The standard InChI is InChI=1S/C17H16O2/c1-11-4-6-14(9-18)16(8-11)17-13(3)12(2)5-7-15(17)10-19/h4-10H,1-3H3. The molecule has 19 heavy (non-hydrogen) atoms. The minimum atomic E-state index is 0.613. The zero-order chi connectivity index (χ0) is 14.0. The third-order valence-electron chi connectivity index (χ3n) is 3.50. The molecule has 2 aromatic carbocycles. The van der Waals surface area contributed by atoms with Crippen molar-refractivity contribution < 1.29 is 9.59 Å². The van der Waals surface area contributed by atoms with E-state index in [4.69, 9.17) is 0 Å². The fourth-order valence-electron chi connectivity index (χ4n) is 2.28. The Kier molecular flexibility index (Phi) is 3.61. The molecule has 2 nitrogen and oxygen atoms in total. The van der Waals surface area contributed by atoms with E-state index >= 15 is 0 Å². The van der Waals surface area contributed by atoms with Gasteiger partial charge in [-0.25, -0.2) is 0 Å². The molecule has 0 saturated heterocycles. The maximum atomic E-state index is 11.3. The highest BCUT2D eigenvalue weighted by molar-refractivity contribution is 5.96. The number of hydrogen-bond donors (Lipinski definition) is 0. The maximum absolute atomic E-state index is 11.3. The molecule has 96 valence electrons. The summed E-state index contributed by atoms with van der Waals surface area (Å²) in [6, 6.07) is 9.39. The minimum absolute atomic E-state index is 0.613. The molecule has 0 aliphatic carbocycles. The molecule has 0 amide bonds. The molecule has 2 aromatic rings. The van der Waals surface area contributed by atoms with E-state index in [0.29, 0.717) is 11.1 Å². The topological polar surface area (TPSA) is 34.1 Å². The summed E-state index contributed by atoms with van der Waals surface area (Å²) in [7, 11) is 0. The van der Waals surface area contributed by atoms with Crippen molar-refractivity contribution in [2.75, 3.05) is 0 Å². The molecule has 0 saturated carbocycles. The number of rotatable bonds is 3. The SMILES string of the molecule is Cc1ccc(C=O)c(-c2c(C=O)ccc(C)c2C)c1. The Bertz CT molecular complexity index is 655. The van der Waals surface area contributed by atoms with Crippen molar-refractivity contribution >= 4 is 12.6 Å². The molecule has 0 unspecified atom stereocenters. The van der Waals surface area contributed by atoms with Gasteiger partial charge in [-0.2, -0.15) is 0 Å². The van der Waals surface area contributed by atoms with Crippen molar-refractivity contribution in [3.05, 3.63) is 58.1 Å². The van der Waals surface area contributed by atoms with Crippen LogP contribution in [0, 0.1) is 20.8 Å². The molecule has 0 aliphatic rings. The summed E-state index contributed by atoms with van der Waals surface area (Å²) in [6.45, 7) is 5.96. The van der Waals surface area contributed by atoms with E-state index in [1.165, 1.54) is 0 Å². The molecule has 0 atom stereocenters. The maximum Gasteiger partial charge on any atom is 0.150 e. The van der Waals surface area contributed by atoms with Crippen molar-refractivity contribution in [1.29, 1.82) is 0 Å². The first kappa shape index (κ1) is 13.2. The summed E-state index contributed by atoms with van der Waals surface area (Å²) >= 11 is 0. The van der Waals surface area contributed by atoms with Crippen LogP contribution in [-0.4, -0.2) is 12.6 Å². The van der Waals surface area contributed by atoms with Crippen LogP contribution in [0.1, 0.15) is 37.4 Å². The zero-order valence-corrected chi connectivity index (χ0v) is 11.4. The van der Waals surface area contributed by atoms with Crippen LogP contribution in [0.15, 0.2) is 30.3 Å². The Morgan fingerprint density at radius 3 is 2.11 bits per heavy atom. The molecule has 0 aliphatic heterocycles. The van der Waals surface area contributed by atoms with Gasteiger partial charge in [-0.15, -0.1) is 0 Å². The molecule has 0 bridgehead atoms. The van der Waals surface area contributed by atoms with Crippen LogP contribution in [0.25, 0.3) is 11.1 Å². The van der Waals surface area contributed by atoms with Gasteiger partial charge in [0.05, 0.1) is 0 Å². The Morgan fingerprint density at radius 1 is 0.842 bits per heavy atom. The van der Waals surface area contributed by atoms with Crippen LogP contribution in [-0.2, 0) is 0 Å². The first-order chi connectivity index (χ1) is 9.08. The number of carbonyl (C=O) groups is 2. The Balaban J connectivity index is 2.84. The molecule has 2 heteroatoms. The quantitative estimate of drug-likeness (QED) is 0.776. The third-order valence-corrected chi connectivity index (χ3v) is 3.50. The number of aryl methyl sites for hydroxylation is 2. The average molecular weight is 252 g/mol. The second kappa shape index (κ2) is 5.19. The fourth-order valence-corrected chi connectivity index (χ4v) is 2.28. The predicted octanol–water partition coefficient (Wildman–Crippen LogP) is 3.90. The van der Waals surface area contributed by atoms with E-state index in [-0.39, 0.29) is 0 Å². The van der Waals surface area contributed by atoms with Crippen LogP contribution >= 0.6 is 0 Å². The van der Waals surface area contributed by atoms with Gasteiger partial charge in [0.1, 0.15) is 0 Å². The molecule has 0 radical (unpaired) electrons. The highest BCUT2D eigenvalue weighted by atomic mass is 16.1. The van der Waals surface area contributed by atoms with Crippen LogP contribution in [0.5, 0.6) is 0 Å². The van der Waals surface area contributed by atoms with Gasteiger partial charge in [-0.05, 0) is 43.0 Å².